The maximum atomic E-state index is 6.81. The van der Waals surface area contributed by atoms with E-state index in [1.54, 1.807) is 34.0 Å². The molecule has 5 aromatic rings. The van der Waals surface area contributed by atoms with Crippen LogP contribution in [-0.4, -0.2) is 22.0 Å². The van der Waals surface area contributed by atoms with Gasteiger partial charge in [-0.3, -0.25) is 0 Å². The van der Waals surface area contributed by atoms with E-state index in [0.29, 0.717) is 13.2 Å². The van der Waals surface area contributed by atoms with E-state index >= 15 is 0 Å². The first-order chi connectivity index (χ1) is 22.6. The third-order valence-electron chi connectivity index (χ3n) is 7.86. The number of rotatable bonds is 20. The van der Waals surface area contributed by atoms with E-state index in [4.69, 9.17) is 18.2 Å². The first-order valence-electron chi connectivity index (χ1n) is 16.5. The third-order valence-corrected chi connectivity index (χ3v) is 12.7. The number of benzene rings is 1. The summed E-state index contributed by atoms with van der Waals surface area (Å²) in [6, 6.07) is 10.8. The highest BCUT2D eigenvalue weighted by molar-refractivity contribution is 9.12. The van der Waals surface area contributed by atoms with Crippen molar-refractivity contribution < 1.29 is 9.47 Å². The van der Waals surface area contributed by atoms with E-state index in [9.17, 15) is 0 Å². The van der Waals surface area contributed by atoms with Crippen molar-refractivity contribution in [2.45, 2.75) is 90.9 Å². The zero-order chi connectivity index (χ0) is 32.1. The molecule has 0 atom stereocenters. The first-order valence-corrected chi connectivity index (χ1v) is 21.3. The first kappa shape index (κ1) is 35.7. The number of thiophene rings is 3. The van der Waals surface area contributed by atoms with Crippen LogP contribution in [-0.2, 0) is 0 Å². The molecule has 0 radical (unpaired) electrons. The maximum absolute atomic E-state index is 6.81. The Morgan fingerprint density at radius 2 is 1.30 bits per heavy atom. The lowest BCUT2D eigenvalue weighted by molar-refractivity contribution is 0.260. The minimum Gasteiger partial charge on any atom is -0.489 e. The molecule has 0 saturated heterocycles. The molecule has 0 unspecified atom stereocenters. The number of hydrogen-bond acceptors (Lipinski definition) is 8. The average Bonchev–Trinajstić information content (AvgIpc) is 3.88. The minimum atomic E-state index is 0.651. The van der Waals surface area contributed by atoms with Gasteiger partial charge in [0.1, 0.15) is 11.0 Å². The lowest BCUT2D eigenvalue weighted by Gasteiger charge is -2.20. The lowest BCUT2D eigenvalue weighted by atomic mass is 10.0. The van der Waals surface area contributed by atoms with Crippen LogP contribution in [0.2, 0.25) is 0 Å². The Balaban J connectivity index is 1.51. The molecule has 0 aliphatic rings. The molecule has 0 aliphatic heterocycles. The highest BCUT2D eigenvalue weighted by atomic mass is 79.9. The van der Waals surface area contributed by atoms with Crippen molar-refractivity contribution in [1.29, 1.82) is 0 Å². The van der Waals surface area contributed by atoms with Gasteiger partial charge in [0, 0.05) is 20.2 Å². The number of nitrogens with zero attached hydrogens (tertiary/aromatic N) is 2. The van der Waals surface area contributed by atoms with Crippen molar-refractivity contribution in [3.8, 4) is 32.4 Å². The van der Waals surface area contributed by atoms with Gasteiger partial charge in [0.25, 0.3) is 0 Å². The maximum Gasteiger partial charge on any atom is 0.172 e. The van der Waals surface area contributed by atoms with Crippen molar-refractivity contribution in [2.75, 3.05) is 13.2 Å². The van der Waals surface area contributed by atoms with E-state index in [-0.39, 0.29) is 0 Å². The monoisotopic (exact) mass is 820 g/mol. The van der Waals surface area contributed by atoms with E-state index in [1.165, 1.54) is 80.8 Å². The van der Waals surface area contributed by atoms with Gasteiger partial charge in [-0.2, -0.15) is 8.75 Å². The van der Waals surface area contributed by atoms with Gasteiger partial charge in [-0.1, -0.05) is 90.2 Å². The van der Waals surface area contributed by atoms with Crippen LogP contribution in [0, 0.1) is 0 Å². The Labute approximate surface area is 306 Å². The lowest BCUT2D eigenvalue weighted by Crippen LogP contribution is -2.06. The van der Waals surface area contributed by atoms with Gasteiger partial charge in [0.2, 0.25) is 0 Å². The number of unbranched alkanes of at least 4 members (excludes halogenated alkanes) is 10. The van der Waals surface area contributed by atoms with Gasteiger partial charge in [-0.25, -0.2) is 0 Å². The largest absolute Gasteiger partial charge is 0.489 e. The topological polar surface area (TPSA) is 44.2 Å². The van der Waals surface area contributed by atoms with E-state index in [0.717, 1.165) is 69.4 Å². The quantitative estimate of drug-likeness (QED) is 0.0734. The molecule has 0 spiro atoms. The second-order valence-corrected chi connectivity index (χ2v) is 17.7. The van der Waals surface area contributed by atoms with Crippen LogP contribution in [0.1, 0.15) is 101 Å². The Hall–Kier alpha value is -1.56. The van der Waals surface area contributed by atoms with Crippen molar-refractivity contribution in [3.63, 3.8) is 0 Å². The van der Waals surface area contributed by atoms with Crippen molar-refractivity contribution >= 4 is 101 Å². The van der Waals surface area contributed by atoms with E-state index < -0.39 is 0 Å². The Morgan fingerprint density at radius 3 is 1.87 bits per heavy atom. The van der Waals surface area contributed by atoms with Crippen LogP contribution in [0.5, 0.6) is 11.5 Å². The zero-order valence-electron chi connectivity index (χ0n) is 26.6. The molecule has 10 heteroatoms. The molecule has 0 fully saturated rings. The second-order valence-electron chi connectivity index (χ2n) is 11.4. The molecular weight excluding hydrogens is 780 g/mol. The second kappa shape index (κ2) is 18.8. The molecular formula is C36H42Br2N2O2S4. The Kier molecular flexibility index (Phi) is 14.6. The normalized spacial score (nSPS) is 11.7. The summed E-state index contributed by atoms with van der Waals surface area (Å²) in [5.74, 6) is 1.62. The molecule has 0 N–H and O–H groups in total. The molecule has 0 amide bonds. The fourth-order valence-corrected chi connectivity index (χ4v) is 10.5. The molecule has 5 rings (SSSR count). The summed E-state index contributed by atoms with van der Waals surface area (Å²) in [7, 11) is 0. The number of hydrogen-bond donors (Lipinski definition) is 0. The molecule has 4 heterocycles. The molecule has 4 nitrogen and oxygen atoms in total. The van der Waals surface area contributed by atoms with Crippen LogP contribution < -0.4 is 9.47 Å². The molecule has 246 valence electrons. The number of ether oxygens (including phenoxy) is 2. The SMILES string of the molecule is CCCCCCCCOc1c(OCCCCCCCC)c(-c2ccc(/C=C/c3cc(Br)sc3Br)s2)c2nsnc2c1-c1cccs1. The van der Waals surface area contributed by atoms with Gasteiger partial charge >= 0.3 is 0 Å². The Morgan fingerprint density at radius 1 is 0.696 bits per heavy atom. The fourth-order valence-electron chi connectivity index (χ4n) is 5.44. The van der Waals surface area contributed by atoms with Gasteiger partial charge in [0.15, 0.2) is 11.5 Å². The number of fused-ring (bicyclic) bond motifs is 1. The van der Waals surface area contributed by atoms with Gasteiger partial charge in [-0.15, -0.1) is 34.0 Å². The van der Waals surface area contributed by atoms with Crippen LogP contribution in [0.3, 0.4) is 0 Å². The summed E-state index contributed by atoms with van der Waals surface area (Å²) in [6.07, 6.45) is 18.9. The average molecular weight is 823 g/mol. The highest BCUT2D eigenvalue weighted by Gasteiger charge is 2.28. The summed E-state index contributed by atoms with van der Waals surface area (Å²) in [5, 5.41) is 2.12. The predicted octanol–water partition coefficient (Wildman–Crippen LogP) is 14.4. The molecule has 46 heavy (non-hydrogen) atoms. The molecule has 0 bridgehead atoms. The van der Waals surface area contributed by atoms with Crippen molar-refractivity contribution in [1.82, 2.24) is 8.75 Å². The van der Waals surface area contributed by atoms with Crippen LogP contribution >= 0.6 is 77.6 Å². The molecule has 4 aromatic heterocycles. The summed E-state index contributed by atoms with van der Waals surface area (Å²) in [4.78, 5) is 3.41. The fraction of sp³-hybridized carbons (Fsp3) is 0.444. The van der Waals surface area contributed by atoms with Gasteiger partial charge in [0.05, 0.1) is 43.6 Å². The summed E-state index contributed by atoms with van der Waals surface area (Å²) in [6.45, 7) is 5.83. The highest BCUT2D eigenvalue weighted by Crippen LogP contribution is 2.52. The van der Waals surface area contributed by atoms with Gasteiger partial charge in [-0.05, 0) is 80.4 Å². The van der Waals surface area contributed by atoms with Crippen LogP contribution in [0.15, 0.2) is 43.3 Å². The van der Waals surface area contributed by atoms with Crippen molar-refractivity contribution in [2.24, 2.45) is 0 Å². The van der Waals surface area contributed by atoms with Crippen LogP contribution in [0.25, 0.3) is 44.1 Å². The minimum absolute atomic E-state index is 0.651. The Bertz CT molecular complexity index is 1670. The van der Waals surface area contributed by atoms with Crippen molar-refractivity contribution in [3.05, 3.63) is 53.7 Å². The third kappa shape index (κ3) is 9.53. The van der Waals surface area contributed by atoms with Crippen LogP contribution in [0.4, 0.5) is 0 Å². The summed E-state index contributed by atoms with van der Waals surface area (Å²) in [5.41, 5.74) is 4.95. The van der Waals surface area contributed by atoms with Gasteiger partial charge < -0.3 is 9.47 Å². The zero-order valence-corrected chi connectivity index (χ0v) is 33.1. The summed E-state index contributed by atoms with van der Waals surface area (Å²) < 4.78 is 25.5. The van der Waals surface area contributed by atoms with E-state index in [2.05, 4.69) is 93.6 Å². The van der Waals surface area contributed by atoms with E-state index in [1.807, 2.05) is 0 Å². The predicted molar refractivity (Wildman–Crippen MR) is 210 cm³/mol. The number of halogens is 2. The number of aromatic nitrogens is 2. The standard InChI is InChI=1S/C36H42Br2N2O2S4/c1-3-5-7-9-11-13-21-41-34-30(27-16-15-23-43-27)32-33(40-46-39-32)31(35(34)42-22-14-12-10-8-6-4-2)28-20-19-26(44-28)18-17-25-24-29(37)45-36(25)38/h15-20,23-24H,3-14,21-22H2,1-2H3/b18-17+. The molecule has 0 aliphatic carbocycles. The smallest absolute Gasteiger partial charge is 0.172 e. The molecule has 1 aromatic carbocycles. The molecule has 0 saturated carbocycles. The summed E-state index contributed by atoms with van der Waals surface area (Å²) >= 11 is 13.7.